The van der Waals surface area contributed by atoms with Gasteiger partial charge in [-0.2, -0.15) is 0 Å². The zero-order valence-electron chi connectivity index (χ0n) is 10.4. The number of aliphatic hydroxyl groups is 1. The molecule has 0 aromatic heterocycles. The summed E-state index contributed by atoms with van der Waals surface area (Å²) in [6, 6.07) is 11.9. The average Bonchev–Trinajstić information content (AvgIpc) is 2.35. The smallest absolute Gasteiger partial charge is 0.143 e. The molecular weight excluding hydrogens is 339 g/mol. The molecule has 3 heteroatoms. The second kappa shape index (κ2) is 5.71. The normalized spacial score (nSPS) is 10.4. The van der Waals surface area contributed by atoms with Gasteiger partial charge in [-0.15, -0.1) is 0 Å². The van der Waals surface area contributed by atoms with E-state index in [0.29, 0.717) is 0 Å². The third kappa shape index (κ3) is 3.03. The molecule has 18 heavy (non-hydrogen) atoms. The van der Waals surface area contributed by atoms with E-state index in [-0.39, 0.29) is 6.61 Å². The number of hydrogen-bond donors (Lipinski definition) is 1. The van der Waals surface area contributed by atoms with Gasteiger partial charge in [-0.1, -0.05) is 23.8 Å². The Bertz CT molecular complexity index is 524. The zero-order valence-corrected chi connectivity index (χ0v) is 12.6. The van der Waals surface area contributed by atoms with Gasteiger partial charge in [-0.25, -0.2) is 0 Å². The molecule has 0 aliphatic rings. The van der Waals surface area contributed by atoms with Crippen molar-refractivity contribution < 1.29 is 9.84 Å². The fourth-order valence-corrected chi connectivity index (χ4v) is 2.68. The first-order valence-corrected chi connectivity index (χ1v) is 6.82. The number of rotatable bonds is 3. The Morgan fingerprint density at radius 2 is 1.78 bits per heavy atom. The molecule has 0 atom stereocenters. The number of benzene rings is 2. The SMILES string of the molecule is Cc1ccc(Oc2c(C)cc(CO)cc2I)cc1. The van der Waals surface area contributed by atoms with Crippen LogP contribution in [-0.4, -0.2) is 5.11 Å². The van der Waals surface area contributed by atoms with E-state index in [1.165, 1.54) is 5.56 Å². The minimum atomic E-state index is 0.0572. The summed E-state index contributed by atoms with van der Waals surface area (Å²) in [5.41, 5.74) is 3.16. The Balaban J connectivity index is 2.31. The Morgan fingerprint density at radius 1 is 1.11 bits per heavy atom. The minimum Gasteiger partial charge on any atom is -0.456 e. The lowest BCUT2D eigenvalue weighted by Crippen LogP contribution is -1.94. The molecule has 2 aromatic carbocycles. The maximum atomic E-state index is 9.15. The van der Waals surface area contributed by atoms with Crippen LogP contribution in [0.25, 0.3) is 0 Å². The average molecular weight is 354 g/mol. The molecule has 0 aliphatic carbocycles. The molecule has 0 saturated carbocycles. The lowest BCUT2D eigenvalue weighted by molar-refractivity contribution is 0.281. The van der Waals surface area contributed by atoms with E-state index in [1.807, 2.05) is 43.3 Å². The van der Waals surface area contributed by atoms with Crippen LogP contribution in [0.15, 0.2) is 36.4 Å². The largest absolute Gasteiger partial charge is 0.456 e. The van der Waals surface area contributed by atoms with E-state index in [2.05, 4.69) is 29.5 Å². The second-order valence-electron chi connectivity index (χ2n) is 4.30. The van der Waals surface area contributed by atoms with Crippen molar-refractivity contribution in [3.05, 3.63) is 56.7 Å². The first kappa shape index (κ1) is 13.4. The van der Waals surface area contributed by atoms with E-state index in [4.69, 9.17) is 9.84 Å². The van der Waals surface area contributed by atoms with Crippen LogP contribution in [0.2, 0.25) is 0 Å². The van der Waals surface area contributed by atoms with Gasteiger partial charge in [0.1, 0.15) is 11.5 Å². The highest BCUT2D eigenvalue weighted by molar-refractivity contribution is 14.1. The molecule has 0 spiro atoms. The molecular formula is C15H15IO2. The molecule has 0 aliphatic heterocycles. The quantitative estimate of drug-likeness (QED) is 0.838. The summed E-state index contributed by atoms with van der Waals surface area (Å²) in [5, 5.41) is 9.15. The third-order valence-electron chi connectivity index (χ3n) is 2.71. The van der Waals surface area contributed by atoms with Crippen LogP contribution in [0.5, 0.6) is 11.5 Å². The standard InChI is InChI=1S/C15H15IO2/c1-10-3-5-13(6-4-10)18-15-11(2)7-12(9-17)8-14(15)16/h3-8,17H,9H2,1-2H3. The van der Waals surface area contributed by atoms with Gasteiger partial charge in [0.25, 0.3) is 0 Å². The zero-order chi connectivity index (χ0) is 13.1. The summed E-state index contributed by atoms with van der Waals surface area (Å²) in [6.07, 6.45) is 0. The number of ether oxygens (including phenoxy) is 1. The van der Waals surface area contributed by atoms with Gasteiger partial charge >= 0.3 is 0 Å². The Labute approximate surface area is 121 Å². The molecule has 94 valence electrons. The van der Waals surface area contributed by atoms with E-state index in [0.717, 1.165) is 26.2 Å². The highest BCUT2D eigenvalue weighted by Crippen LogP contribution is 2.31. The van der Waals surface area contributed by atoms with Crippen LogP contribution in [0, 0.1) is 17.4 Å². The molecule has 0 saturated heterocycles. The summed E-state index contributed by atoms with van der Waals surface area (Å²) >= 11 is 2.23. The van der Waals surface area contributed by atoms with Crippen LogP contribution in [0.3, 0.4) is 0 Å². The second-order valence-corrected chi connectivity index (χ2v) is 5.46. The van der Waals surface area contributed by atoms with Crippen molar-refractivity contribution in [2.45, 2.75) is 20.5 Å². The first-order chi connectivity index (χ1) is 8.60. The number of halogens is 1. The van der Waals surface area contributed by atoms with E-state index < -0.39 is 0 Å². The lowest BCUT2D eigenvalue weighted by Gasteiger charge is -2.12. The van der Waals surface area contributed by atoms with Crippen molar-refractivity contribution in [2.24, 2.45) is 0 Å². The fourth-order valence-electron chi connectivity index (χ4n) is 1.75. The van der Waals surface area contributed by atoms with Crippen LogP contribution < -0.4 is 4.74 Å². The van der Waals surface area contributed by atoms with Crippen molar-refractivity contribution in [3.63, 3.8) is 0 Å². The number of aryl methyl sites for hydroxylation is 2. The molecule has 0 heterocycles. The summed E-state index contributed by atoms with van der Waals surface area (Å²) < 4.78 is 6.92. The van der Waals surface area contributed by atoms with Crippen molar-refractivity contribution in [1.82, 2.24) is 0 Å². The van der Waals surface area contributed by atoms with Crippen LogP contribution in [0.4, 0.5) is 0 Å². The van der Waals surface area contributed by atoms with Gasteiger partial charge in [0.05, 0.1) is 10.2 Å². The molecule has 0 radical (unpaired) electrons. The van der Waals surface area contributed by atoms with Gasteiger partial charge in [0.2, 0.25) is 0 Å². The Morgan fingerprint density at radius 3 is 2.33 bits per heavy atom. The van der Waals surface area contributed by atoms with E-state index in [1.54, 1.807) is 0 Å². The highest BCUT2D eigenvalue weighted by Gasteiger charge is 2.08. The van der Waals surface area contributed by atoms with E-state index in [9.17, 15) is 0 Å². The predicted octanol–water partition coefficient (Wildman–Crippen LogP) is 4.19. The Hall–Kier alpha value is -1.07. The van der Waals surface area contributed by atoms with Gasteiger partial charge in [-0.3, -0.25) is 0 Å². The molecule has 0 amide bonds. The van der Waals surface area contributed by atoms with Crippen LogP contribution >= 0.6 is 22.6 Å². The first-order valence-electron chi connectivity index (χ1n) is 5.74. The summed E-state index contributed by atoms with van der Waals surface area (Å²) in [4.78, 5) is 0. The lowest BCUT2D eigenvalue weighted by atomic mass is 10.1. The van der Waals surface area contributed by atoms with Crippen molar-refractivity contribution >= 4 is 22.6 Å². The molecule has 0 unspecified atom stereocenters. The minimum absolute atomic E-state index is 0.0572. The molecule has 2 nitrogen and oxygen atoms in total. The third-order valence-corrected chi connectivity index (χ3v) is 3.51. The van der Waals surface area contributed by atoms with Gasteiger partial charge in [0, 0.05) is 0 Å². The van der Waals surface area contributed by atoms with Crippen molar-refractivity contribution in [2.75, 3.05) is 0 Å². The molecule has 0 fully saturated rings. The predicted molar refractivity (Wildman–Crippen MR) is 81.1 cm³/mol. The summed E-state index contributed by atoms with van der Waals surface area (Å²) in [6.45, 7) is 4.10. The Kier molecular flexibility index (Phi) is 4.24. The van der Waals surface area contributed by atoms with Crippen LogP contribution in [0.1, 0.15) is 16.7 Å². The van der Waals surface area contributed by atoms with Gasteiger partial charge in [-0.05, 0) is 65.8 Å². The number of aliphatic hydroxyl groups excluding tert-OH is 1. The molecule has 0 bridgehead atoms. The van der Waals surface area contributed by atoms with Gasteiger partial charge in [0.15, 0.2) is 0 Å². The molecule has 1 N–H and O–H groups in total. The van der Waals surface area contributed by atoms with E-state index >= 15 is 0 Å². The number of hydrogen-bond acceptors (Lipinski definition) is 2. The van der Waals surface area contributed by atoms with Crippen molar-refractivity contribution in [3.8, 4) is 11.5 Å². The summed E-state index contributed by atoms with van der Waals surface area (Å²) in [5.74, 6) is 1.69. The molecule has 2 aromatic rings. The van der Waals surface area contributed by atoms with Crippen LogP contribution in [-0.2, 0) is 6.61 Å². The van der Waals surface area contributed by atoms with Crippen molar-refractivity contribution in [1.29, 1.82) is 0 Å². The highest BCUT2D eigenvalue weighted by atomic mass is 127. The summed E-state index contributed by atoms with van der Waals surface area (Å²) in [7, 11) is 0. The monoisotopic (exact) mass is 354 g/mol. The maximum Gasteiger partial charge on any atom is 0.143 e. The van der Waals surface area contributed by atoms with Gasteiger partial charge < -0.3 is 9.84 Å². The topological polar surface area (TPSA) is 29.5 Å². The maximum absolute atomic E-state index is 9.15. The fraction of sp³-hybridized carbons (Fsp3) is 0.200. The molecule has 2 rings (SSSR count).